The molecule has 3 aromatic rings. The van der Waals surface area contributed by atoms with Crippen molar-refractivity contribution in [2.45, 2.75) is 10.6 Å². The third-order valence-corrected chi connectivity index (χ3v) is 3.99. The molecule has 0 saturated heterocycles. The smallest absolute Gasteiger partial charge is 0.334 e. The SMILES string of the molecule is FC(F)(F)c1cc(-c2nc(-c3ccncc3)no2)ccc1CI. The van der Waals surface area contributed by atoms with Gasteiger partial charge in [-0.15, -0.1) is 0 Å². The molecule has 0 spiro atoms. The van der Waals surface area contributed by atoms with Gasteiger partial charge in [0.25, 0.3) is 5.89 Å². The van der Waals surface area contributed by atoms with Crippen LogP contribution in [0.25, 0.3) is 22.8 Å². The molecule has 0 unspecified atom stereocenters. The fraction of sp³-hybridized carbons (Fsp3) is 0.133. The first-order valence-electron chi connectivity index (χ1n) is 6.49. The Hall–Kier alpha value is -1.97. The average molecular weight is 431 g/mol. The first-order valence-corrected chi connectivity index (χ1v) is 8.02. The Labute approximate surface area is 142 Å². The van der Waals surface area contributed by atoms with E-state index < -0.39 is 11.7 Å². The van der Waals surface area contributed by atoms with Crippen molar-refractivity contribution in [3.05, 3.63) is 53.9 Å². The molecule has 0 N–H and O–H groups in total. The van der Waals surface area contributed by atoms with E-state index in [1.165, 1.54) is 6.07 Å². The molecule has 1 aromatic carbocycles. The largest absolute Gasteiger partial charge is 0.416 e. The second-order valence-electron chi connectivity index (χ2n) is 4.66. The van der Waals surface area contributed by atoms with Gasteiger partial charge in [-0.2, -0.15) is 18.2 Å². The lowest BCUT2D eigenvalue weighted by atomic mass is 10.0. The average Bonchev–Trinajstić information content (AvgIpc) is 3.04. The van der Waals surface area contributed by atoms with Crippen molar-refractivity contribution >= 4 is 22.6 Å². The molecule has 2 aromatic heterocycles. The number of alkyl halides is 4. The third kappa shape index (κ3) is 3.36. The van der Waals surface area contributed by atoms with Crippen LogP contribution in [0.15, 0.2) is 47.2 Å². The van der Waals surface area contributed by atoms with Gasteiger partial charge in [-0.25, -0.2) is 0 Å². The second kappa shape index (κ2) is 6.26. The predicted molar refractivity (Wildman–Crippen MR) is 85.7 cm³/mol. The van der Waals surface area contributed by atoms with E-state index >= 15 is 0 Å². The van der Waals surface area contributed by atoms with Gasteiger partial charge in [0.1, 0.15) is 0 Å². The molecule has 0 aliphatic carbocycles. The summed E-state index contributed by atoms with van der Waals surface area (Å²) in [4.78, 5) is 8.04. The molecule has 118 valence electrons. The van der Waals surface area contributed by atoms with Crippen LogP contribution >= 0.6 is 22.6 Å². The van der Waals surface area contributed by atoms with Gasteiger partial charge in [-0.3, -0.25) is 4.98 Å². The molecule has 0 atom stereocenters. The van der Waals surface area contributed by atoms with Crippen molar-refractivity contribution in [1.82, 2.24) is 15.1 Å². The molecule has 0 amide bonds. The Bertz CT molecular complexity index is 818. The molecule has 0 bridgehead atoms. The molecule has 4 nitrogen and oxygen atoms in total. The van der Waals surface area contributed by atoms with Crippen LogP contribution in [0.5, 0.6) is 0 Å². The number of hydrogen-bond acceptors (Lipinski definition) is 4. The molecule has 0 fully saturated rings. The van der Waals surface area contributed by atoms with E-state index in [-0.39, 0.29) is 21.4 Å². The number of halogens is 4. The van der Waals surface area contributed by atoms with Crippen molar-refractivity contribution in [3.8, 4) is 22.8 Å². The summed E-state index contributed by atoms with van der Waals surface area (Å²) in [6, 6.07) is 7.40. The Balaban J connectivity index is 2.01. The number of nitrogens with zero attached hydrogens (tertiary/aromatic N) is 3. The topological polar surface area (TPSA) is 51.8 Å². The van der Waals surface area contributed by atoms with Crippen LogP contribution in [0.2, 0.25) is 0 Å². The van der Waals surface area contributed by atoms with Crippen molar-refractivity contribution in [2.24, 2.45) is 0 Å². The van der Waals surface area contributed by atoms with Gasteiger partial charge in [-0.1, -0.05) is 33.8 Å². The van der Waals surface area contributed by atoms with Crippen molar-refractivity contribution in [2.75, 3.05) is 0 Å². The summed E-state index contributed by atoms with van der Waals surface area (Å²) in [6.45, 7) is 0. The number of rotatable bonds is 3. The van der Waals surface area contributed by atoms with Crippen molar-refractivity contribution < 1.29 is 17.7 Å². The van der Waals surface area contributed by atoms with Crippen LogP contribution < -0.4 is 0 Å². The summed E-state index contributed by atoms with van der Waals surface area (Å²) in [5, 5.41) is 3.80. The summed E-state index contributed by atoms with van der Waals surface area (Å²) in [5.74, 6) is 0.344. The highest BCUT2D eigenvalue weighted by Crippen LogP contribution is 2.35. The van der Waals surface area contributed by atoms with Gasteiger partial charge >= 0.3 is 6.18 Å². The van der Waals surface area contributed by atoms with Crippen LogP contribution in [0.4, 0.5) is 13.2 Å². The van der Waals surface area contributed by atoms with Crippen LogP contribution in [0.3, 0.4) is 0 Å². The normalized spacial score (nSPS) is 11.7. The van der Waals surface area contributed by atoms with Gasteiger partial charge in [-0.05, 0) is 29.8 Å². The summed E-state index contributed by atoms with van der Waals surface area (Å²) in [5.41, 5.74) is 0.442. The van der Waals surface area contributed by atoms with E-state index in [0.717, 1.165) is 6.07 Å². The molecule has 8 heteroatoms. The molecular formula is C15H9F3IN3O. The number of benzene rings is 1. The number of hydrogen-bond donors (Lipinski definition) is 0. The molecule has 23 heavy (non-hydrogen) atoms. The van der Waals surface area contributed by atoms with E-state index in [9.17, 15) is 13.2 Å². The van der Waals surface area contributed by atoms with Gasteiger partial charge in [0.05, 0.1) is 5.56 Å². The molecule has 0 radical (unpaired) electrons. The Morgan fingerprint density at radius 2 is 1.78 bits per heavy atom. The minimum atomic E-state index is -4.43. The standard InChI is InChI=1S/C15H9F3IN3O/c16-15(17,18)12-7-10(1-2-11(12)8-19)14-21-13(22-23-14)9-3-5-20-6-4-9/h1-7H,8H2. The summed E-state index contributed by atoms with van der Waals surface area (Å²) in [6.07, 6.45) is -1.28. The zero-order chi connectivity index (χ0) is 16.4. The third-order valence-electron chi connectivity index (χ3n) is 3.17. The van der Waals surface area contributed by atoms with Crippen LogP contribution in [-0.4, -0.2) is 15.1 Å². The lowest BCUT2D eigenvalue weighted by Gasteiger charge is -2.11. The zero-order valence-corrected chi connectivity index (χ0v) is 13.7. The van der Waals surface area contributed by atoms with E-state index in [0.29, 0.717) is 11.4 Å². The lowest BCUT2D eigenvalue weighted by molar-refractivity contribution is -0.138. The highest BCUT2D eigenvalue weighted by atomic mass is 127. The summed E-state index contributed by atoms with van der Waals surface area (Å²) < 4.78 is 44.7. The zero-order valence-electron chi connectivity index (χ0n) is 11.5. The highest BCUT2D eigenvalue weighted by Gasteiger charge is 2.33. The maximum Gasteiger partial charge on any atom is 0.416 e. The van der Waals surface area contributed by atoms with Crippen molar-refractivity contribution in [1.29, 1.82) is 0 Å². The highest BCUT2D eigenvalue weighted by molar-refractivity contribution is 14.1. The van der Waals surface area contributed by atoms with Gasteiger partial charge in [0, 0.05) is 27.9 Å². The van der Waals surface area contributed by atoms with E-state index in [1.54, 1.807) is 30.6 Å². The maximum absolute atomic E-state index is 13.1. The van der Waals surface area contributed by atoms with Crippen LogP contribution in [0.1, 0.15) is 11.1 Å². The first kappa shape index (κ1) is 15.9. The van der Waals surface area contributed by atoms with Gasteiger partial charge in [0.15, 0.2) is 0 Å². The van der Waals surface area contributed by atoms with Crippen LogP contribution in [0, 0.1) is 0 Å². The van der Waals surface area contributed by atoms with Gasteiger partial charge < -0.3 is 4.52 Å². The molecule has 0 aliphatic rings. The molecular weight excluding hydrogens is 422 g/mol. The Morgan fingerprint density at radius 3 is 2.43 bits per heavy atom. The van der Waals surface area contributed by atoms with E-state index in [2.05, 4.69) is 15.1 Å². The molecule has 0 aliphatic heterocycles. The monoisotopic (exact) mass is 431 g/mol. The quantitative estimate of drug-likeness (QED) is 0.444. The fourth-order valence-electron chi connectivity index (χ4n) is 2.05. The Morgan fingerprint density at radius 1 is 1.04 bits per heavy atom. The fourth-order valence-corrected chi connectivity index (χ4v) is 2.71. The molecule has 3 rings (SSSR count). The van der Waals surface area contributed by atoms with E-state index in [4.69, 9.17) is 4.52 Å². The molecule has 0 saturated carbocycles. The second-order valence-corrected chi connectivity index (χ2v) is 5.43. The number of aromatic nitrogens is 3. The summed E-state index contributed by atoms with van der Waals surface area (Å²) >= 11 is 1.90. The predicted octanol–water partition coefficient (Wildman–Crippen LogP) is 4.75. The maximum atomic E-state index is 13.1. The molecule has 2 heterocycles. The minimum Gasteiger partial charge on any atom is -0.334 e. The number of pyridine rings is 1. The van der Waals surface area contributed by atoms with E-state index in [1.807, 2.05) is 22.6 Å². The van der Waals surface area contributed by atoms with Gasteiger partial charge in [0.2, 0.25) is 5.82 Å². The first-order chi connectivity index (χ1) is 11.0. The lowest BCUT2D eigenvalue weighted by Crippen LogP contribution is -2.08. The van der Waals surface area contributed by atoms with Crippen molar-refractivity contribution in [3.63, 3.8) is 0 Å². The van der Waals surface area contributed by atoms with Crippen LogP contribution in [-0.2, 0) is 10.6 Å². The summed E-state index contributed by atoms with van der Waals surface area (Å²) in [7, 11) is 0. The Kier molecular flexibility index (Phi) is 4.33. The minimum absolute atomic E-state index is 0.0438.